The molecule has 3 aromatic carbocycles. The highest BCUT2D eigenvalue weighted by Crippen LogP contribution is 2.44. The Kier molecular flexibility index (Phi) is 5.35. The average Bonchev–Trinajstić information content (AvgIpc) is 3.39. The molecule has 0 fully saturated rings. The lowest BCUT2D eigenvalue weighted by Gasteiger charge is -2.21. The number of carbonyl (C=O) groups is 1. The van der Waals surface area contributed by atoms with Gasteiger partial charge in [0.2, 0.25) is 0 Å². The number of benzene rings is 3. The Labute approximate surface area is 197 Å². The van der Waals surface area contributed by atoms with E-state index in [2.05, 4.69) is 5.10 Å². The average molecular weight is 481 g/mol. The molecule has 0 aliphatic carbocycles. The van der Waals surface area contributed by atoms with Crippen LogP contribution in [0, 0.1) is 5.82 Å². The van der Waals surface area contributed by atoms with E-state index in [1.807, 2.05) is 0 Å². The fraction of sp³-hybridized carbons (Fsp3) is 0.154. The van der Waals surface area contributed by atoms with Crippen LogP contribution in [0.15, 0.2) is 73.1 Å². The van der Waals surface area contributed by atoms with E-state index in [0.717, 1.165) is 0 Å². The standard InChI is InChI=1S/C26H19F4N3O2/c1-32-14-21(20-9-3-16(12-23(20)32)25(34)35-2)24(26(28,29)30)15-4-10-22-17(11-15)13-31-33(22)19-7-5-18(27)6-8-19/h3-14,24H,1-2H3. The van der Waals surface area contributed by atoms with Gasteiger partial charge in [0.15, 0.2) is 0 Å². The maximum absolute atomic E-state index is 14.5. The molecule has 35 heavy (non-hydrogen) atoms. The smallest absolute Gasteiger partial charge is 0.399 e. The molecule has 9 heteroatoms. The van der Waals surface area contributed by atoms with Gasteiger partial charge in [0.1, 0.15) is 11.7 Å². The van der Waals surface area contributed by atoms with Crippen LogP contribution in [0.25, 0.3) is 27.5 Å². The molecule has 1 atom stereocenters. The van der Waals surface area contributed by atoms with Crippen molar-refractivity contribution in [3.8, 4) is 5.69 Å². The van der Waals surface area contributed by atoms with Crippen LogP contribution in [0.4, 0.5) is 17.6 Å². The molecule has 0 radical (unpaired) electrons. The number of carbonyl (C=O) groups excluding carboxylic acids is 1. The zero-order chi connectivity index (χ0) is 24.9. The van der Waals surface area contributed by atoms with Gasteiger partial charge in [-0.3, -0.25) is 0 Å². The fourth-order valence-corrected chi connectivity index (χ4v) is 4.45. The van der Waals surface area contributed by atoms with Gasteiger partial charge in [-0.25, -0.2) is 13.9 Å². The first-order valence-electron chi connectivity index (χ1n) is 10.6. The van der Waals surface area contributed by atoms with Crippen LogP contribution in [-0.2, 0) is 11.8 Å². The number of methoxy groups -OCH3 is 1. The number of ether oxygens (including phenoxy) is 1. The van der Waals surface area contributed by atoms with Gasteiger partial charge >= 0.3 is 12.1 Å². The Morgan fingerprint density at radius 1 is 1.00 bits per heavy atom. The fourth-order valence-electron chi connectivity index (χ4n) is 4.45. The van der Waals surface area contributed by atoms with Crippen molar-refractivity contribution in [2.75, 3.05) is 7.11 Å². The SMILES string of the molecule is COC(=O)c1ccc2c(C(c3ccc4c(cnn4-c4ccc(F)cc4)c3)C(F)(F)F)cn(C)c2c1. The predicted octanol–water partition coefficient (Wildman–Crippen LogP) is 6.14. The maximum atomic E-state index is 14.5. The molecule has 5 nitrogen and oxygen atoms in total. The molecule has 5 aromatic rings. The number of nitrogens with zero attached hydrogens (tertiary/aromatic N) is 3. The minimum Gasteiger partial charge on any atom is -0.465 e. The molecular formula is C26H19F4N3O2. The largest absolute Gasteiger partial charge is 0.465 e. The van der Waals surface area contributed by atoms with Gasteiger partial charge in [-0.2, -0.15) is 18.3 Å². The number of hydrogen-bond acceptors (Lipinski definition) is 3. The normalized spacial score (nSPS) is 12.9. The van der Waals surface area contributed by atoms with Crippen LogP contribution < -0.4 is 0 Å². The van der Waals surface area contributed by atoms with Crippen LogP contribution in [-0.4, -0.2) is 33.6 Å². The molecule has 0 N–H and O–H groups in total. The molecule has 5 rings (SSSR count). The van der Waals surface area contributed by atoms with Crippen molar-refractivity contribution in [3.05, 3.63) is 95.6 Å². The second kappa shape index (κ2) is 8.26. The van der Waals surface area contributed by atoms with Gasteiger partial charge in [-0.1, -0.05) is 12.1 Å². The van der Waals surface area contributed by atoms with E-state index in [-0.39, 0.29) is 16.7 Å². The number of aromatic nitrogens is 3. The van der Waals surface area contributed by atoms with E-state index >= 15 is 0 Å². The Hall–Kier alpha value is -4.14. The third-order valence-electron chi connectivity index (χ3n) is 6.08. The van der Waals surface area contributed by atoms with Crippen LogP contribution in [0.1, 0.15) is 27.4 Å². The number of fused-ring (bicyclic) bond motifs is 2. The molecule has 2 heterocycles. The molecule has 1 unspecified atom stereocenters. The van der Waals surface area contributed by atoms with E-state index < -0.39 is 23.9 Å². The molecule has 0 saturated heterocycles. The van der Waals surface area contributed by atoms with Gasteiger partial charge in [0, 0.05) is 29.5 Å². The molecule has 0 spiro atoms. The van der Waals surface area contributed by atoms with E-state index in [1.54, 1.807) is 34.5 Å². The summed E-state index contributed by atoms with van der Waals surface area (Å²) in [5.41, 5.74) is 2.08. The number of aryl methyl sites for hydroxylation is 1. The second-order valence-corrected chi connectivity index (χ2v) is 8.24. The summed E-state index contributed by atoms with van der Waals surface area (Å²) in [5.74, 6) is -2.85. The molecule has 0 aliphatic rings. The van der Waals surface area contributed by atoms with Crippen molar-refractivity contribution in [2.45, 2.75) is 12.1 Å². The topological polar surface area (TPSA) is 49.0 Å². The van der Waals surface area contributed by atoms with Crippen LogP contribution >= 0.6 is 0 Å². The Morgan fingerprint density at radius 3 is 2.43 bits per heavy atom. The minimum atomic E-state index is -4.57. The van der Waals surface area contributed by atoms with E-state index in [9.17, 15) is 22.4 Å². The summed E-state index contributed by atoms with van der Waals surface area (Å²) in [7, 11) is 2.88. The lowest BCUT2D eigenvalue weighted by atomic mass is 9.89. The summed E-state index contributed by atoms with van der Waals surface area (Å²) in [6.45, 7) is 0. The summed E-state index contributed by atoms with van der Waals surface area (Å²) >= 11 is 0. The first-order valence-corrected chi connectivity index (χ1v) is 10.6. The number of esters is 1. The molecule has 0 bridgehead atoms. The van der Waals surface area contributed by atoms with Gasteiger partial charge in [0.05, 0.1) is 30.1 Å². The Balaban J connectivity index is 1.63. The van der Waals surface area contributed by atoms with Crippen LogP contribution in [0.2, 0.25) is 0 Å². The molecule has 178 valence electrons. The van der Waals surface area contributed by atoms with Gasteiger partial charge in [-0.15, -0.1) is 0 Å². The van der Waals surface area contributed by atoms with Gasteiger partial charge < -0.3 is 9.30 Å². The van der Waals surface area contributed by atoms with Crippen LogP contribution in [0.5, 0.6) is 0 Å². The zero-order valence-corrected chi connectivity index (χ0v) is 18.7. The second-order valence-electron chi connectivity index (χ2n) is 8.24. The monoisotopic (exact) mass is 481 g/mol. The van der Waals surface area contributed by atoms with E-state index in [0.29, 0.717) is 27.5 Å². The molecule has 0 amide bonds. The molecule has 0 saturated carbocycles. The van der Waals surface area contributed by atoms with Gasteiger partial charge in [-0.05, 0) is 59.7 Å². The maximum Gasteiger partial charge on any atom is 0.399 e. The lowest BCUT2D eigenvalue weighted by molar-refractivity contribution is -0.140. The van der Waals surface area contributed by atoms with Crippen molar-refractivity contribution >= 4 is 27.8 Å². The summed E-state index contributed by atoms with van der Waals surface area (Å²) in [6, 6.07) is 14.7. The molecular weight excluding hydrogens is 462 g/mol. The highest BCUT2D eigenvalue weighted by atomic mass is 19.4. The summed E-state index contributed by atoms with van der Waals surface area (Å²) in [5, 5.41) is 5.20. The van der Waals surface area contributed by atoms with Crippen LogP contribution in [0.3, 0.4) is 0 Å². The zero-order valence-electron chi connectivity index (χ0n) is 18.7. The number of halogens is 4. The summed E-state index contributed by atoms with van der Waals surface area (Å²) < 4.78 is 64.5. The Bertz CT molecular complexity index is 1570. The predicted molar refractivity (Wildman–Crippen MR) is 123 cm³/mol. The lowest BCUT2D eigenvalue weighted by Crippen LogP contribution is -2.21. The quantitative estimate of drug-likeness (QED) is 0.229. The van der Waals surface area contributed by atoms with Crippen molar-refractivity contribution in [3.63, 3.8) is 0 Å². The highest BCUT2D eigenvalue weighted by Gasteiger charge is 2.43. The number of alkyl halides is 3. The first-order chi connectivity index (χ1) is 16.7. The van der Waals surface area contributed by atoms with Crippen molar-refractivity contribution in [2.24, 2.45) is 7.05 Å². The first kappa shape index (κ1) is 22.6. The third kappa shape index (κ3) is 3.92. The van der Waals surface area contributed by atoms with Crippen molar-refractivity contribution < 1.29 is 27.1 Å². The minimum absolute atomic E-state index is 0.0631. The summed E-state index contributed by atoms with van der Waals surface area (Å²) in [4.78, 5) is 11.9. The van der Waals surface area contributed by atoms with Crippen molar-refractivity contribution in [1.29, 1.82) is 0 Å². The highest BCUT2D eigenvalue weighted by molar-refractivity contribution is 5.96. The third-order valence-corrected chi connectivity index (χ3v) is 6.08. The number of rotatable bonds is 4. The molecule has 2 aromatic heterocycles. The van der Waals surface area contributed by atoms with E-state index in [1.165, 1.54) is 62.0 Å². The number of hydrogen-bond donors (Lipinski definition) is 0. The van der Waals surface area contributed by atoms with Crippen molar-refractivity contribution in [1.82, 2.24) is 14.3 Å². The van der Waals surface area contributed by atoms with E-state index in [4.69, 9.17) is 4.74 Å². The Morgan fingerprint density at radius 2 is 1.74 bits per heavy atom. The summed E-state index contributed by atoms with van der Waals surface area (Å²) in [6.07, 6.45) is -1.65. The van der Waals surface area contributed by atoms with Gasteiger partial charge in [0.25, 0.3) is 0 Å². The molecule has 0 aliphatic heterocycles.